The van der Waals surface area contributed by atoms with Crippen molar-refractivity contribution in [3.8, 4) is 5.69 Å². The second-order valence-electron chi connectivity index (χ2n) is 5.53. The van der Waals surface area contributed by atoms with E-state index in [0.717, 1.165) is 16.8 Å². The summed E-state index contributed by atoms with van der Waals surface area (Å²) in [6.45, 7) is 1.80. The largest absolute Gasteiger partial charge is 0.234 e. The van der Waals surface area contributed by atoms with Gasteiger partial charge in [0, 0.05) is 11.4 Å². The van der Waals surface area contributed by atoms with Gasteiger partial charge in [-0.15, -0.1) is 0 Å². The molecule has 128 valence electrons. The van der Waals surface area contributed by atoms with Crippen LogP contribution in [0, 0.1) is 0 Å². The van der Waals surface area contributed by atoms with Gasteiger partial charge in [-0.05, 0) is 36.3 Å². The van der Waals surface area contributed by atoms with Crippen LogP contribution in [-0.4, -0.2) is 23.2 Å². The maximum atomic E-state index is 12.2. The average molecular weight is 354 g/mol. The molecule has 0 saturated heterocycles. The van der Waals surface area contributed by atoms with Crippen LogP contribution in [0.1, 0.15) is 24.1 Å². The fourth-order valence-corrected chi connectivity index (χ4v) is 3.39. The molecule has 1 heterocycles. The van der Waals surface area contributed by atoms with Gasteiger partial charge in [0.15, 0.2) is 0 Å². The highest BCUT2D eigenvalue weighted by Crippen LogP contribution is 2.16. The number of sulfonamides is 1. The molecule has 7 heteroatoms. The van der Waals surface area contributed by atoms with Crippen LogP contribution in [0.5, 0.6) is 0 Å². The Labute approximate surface area is 146 Å². The molecule has 1 N–H and O–H groups in total. The number of rotatable bonds is 6. The Morgan fingerprint density at radius 1 is 1.08 bits per heavy atom. The third kappa shape index (κ3) is 4.62. The molecule has 0 aliphatic rings. The van der Waals surface area contributed by atoms with E-state index in [1.165, 1.54) is 11.7 Å². The van der Waals surface area contributed by atoms with Gasteiger partial charge in [0.1, 0.15) is 12.7 Å². The minimum absolute atomic E-state index is 0.352. The summed E-state index contributed by atoms with van der Waals surface area (Å²) in [6, 6.07) is 16.4. The second kappa shape index (κ2) is 7.42. The molecule has 1 atom stereocenters. The van der Waals surface area contributed by atoms with Crippen LogP contribution < -0.4 is 4.72 Å². The lowest BCUT2D eigenvalue weighted by Crippen LogP contribution is -2.24. The first kappa shape index (κ1) is 17.1. The van der Waals surface area contributed by atoms with Gasteiger partial charge in [0.25, 0.3) is 0 Å². The van der Waals surface area contributed by atoms with Crippen molar-refractivity contribution >= 4 is 16.1 Å². The fourth-order valence-electron chi connectivity index (χ4n) is 2.34. The summed E-state index contributed by atoms with van der Waals surface area (Å²) in [6.07, 6.45) is 4.64. The molecule has 0 aliphatic heterocycles. The van der Waals surface area contributed by atoms with Crippen molar-refractivity contribution in [1.82, 2.24) is 19.5 Å². The topological polar surface area (TPSA) is 76.9 Å². The SMILES string of the molecule is CC(NS(=O)(=O)/C=C/c1ccccc1)c1ccc(-n2cncn2)cc1. The van der Waals surface area contributed by atoms with E-state index in [2.05, 4.69) is 14.8 Å². The molecule has 0 fully saturated rings. The summed E-state index contributed by atoms with van der Waals surface area (Å²) in [7, 11) is -3.54. The summed E-state index contributed by atoms with van der Waals surface area (Å²) in [5.74, 6) is 0. The van der Waals surface area contributed by atoms with Crippen molar-refractivity contribution in [2.24, 2.45) is 0 Å². The second-order valence-corrected chi connectivity index (χ2v) is 7.13. The summed E-state index contributed by atoms with van der Waals surface area (Å²) in [5, 5.41) is 5.24. The average Bonchev–Trinajstić information content (AvgIpc) is 3.15. The lowest BCUT2D eigenvalue weighted by atomic mass is 10.1. The molecule has 6 nitrogen and oxygen atoms in total. The van der Waals surface area contributed by atoms with Crippen LogP contribution in [-0.2, 0) is 10.0 Å². The van der Waals surface area contributed by atoms with Crippen molar-refractivity contribution in [3.05, 3.63) is 83.8 Å². The standard InChI is InChI=1S/C18H18N4O2S/c1-15(17-7-9-18(10-8-17)22-14-19-13-20-22)21-25(23,24)12-11-16-5-3-2-4-6-16/h2-15,21H,1H3/b12-11+. The summed E-state index contributed by atoms with van der Waals surface area (Å²) in [4.78, 5) is 3.90. The third-order valence-corrected chi connectivity index (χ3v) is 4.83. The van der Waals surface area contributed by atoms with E-state index in [1.54, 1.807) is 24.0 Å². The molecule has 0 amide bonds. The zero-order valence-electron chi connectivity index (χ0n) is 13.6. The van der Waals surface area contributed by atoms with Gasteiger partial charge in [-0.3, -0.25) is 0 Å². The van der Waals surface area contributed by atoms with E-state index in [9.17, 15) is 8.42 Å². The normalized spacial score (nSPS) is 13.2. The van der Waals surface area contributed by atoms with E-state index < -0.39 is 10.0 Å². The molecule has 1 aromatic heterocycles. The summed E-state index contributed by atoms with van der Waals surface area (Å²) >= 11 is 0. The Morgan fingerprint density at radius 3 is 2.44 bits per heavy atom. The number of hydrogen-bond donors (Lipinski definition) is 1. The molecule has 0 bridgehead atoms. The maximum Gasteiger partial charge on any atom is 0.234 e. The Hall–Kier alpha value is -2.77. The monoisotopic (exact) mass is 354 g/mol. The lowest BCUT2D eigenvalue weighted by molar-refractivity contribution is 0.576. The molecule has 0 radical (unpaired) electrons. The molecular formula is C18H18N4O2S. The summed E-state index contributed by atoms with van der Waals surface area (Å²) in [5.41, 5.74) is 2.55. The first-order valence-electron chi connectivity index (χ1n) is 7.74. The van der Waals surface area contributed by atoms with Crippen LogP contribution in [0.25, 0.3) is 11.8 Å². The van der Waals surface area contributed by atoms with E-state index in [-0.39, 0.29) is 6.04 Å². The highest BCUT2D eigenvalue weighted by molar-refractivity contribution is 7.92. The van der Waals surface area contributed by atoms with E-state index in [0.29, 0.717) is 0 Å². The Morgan fingerprint density at radius 2 is 1.80 bits per heavy atom. The first-order chi connectivity index (χ1) is 12.0. The van der Waals surface area contributed by atoms with Gasteiger partial charge >= 0.3 is 0 Å². The summed E-state index contributed by atoms with van der Waals surface area (Å²) < 4.78 is 28.7. The third-order valence-electron chi connectivity index (χ3n) is 3.66. The molecule has 3 aromatic rings. The number of nitrogens with zero attached hydrogens (tertiary/aromatic N) is 3. The molecule has 2 aromatic carbocycles. The van der Waals surface area contributed by atoms with E-state index in [4.69, 9.17) is 0 Å². The number of benzene rings is 2. The highest BCUT2D eigenvalue weighted by Gasteiger charge is 2.13. The van der Waals surface area contributed by atoms with Crippen molar-refractivity contribution in [2.75, 3.05) is 0 Å². The van der Waals surface area contributed by atoms with Crippen LogP contribution >= 0.6 is 0 Å². The quantitative estimate of drug-likeness (QED) is 0.738. The number of nitrogens with one attached hydrogen (secondary N) is 1. The zero-order valence-corrected chi connectivity index (χ0v) is 14.5. The van der Waals surface area contributed by atoms with Gasteiger partial charge in [-0.2, -0.15) is 5.10 Å². The smallest absolute Gasteiger partial charge is 0.223 e. The van der Waals surface area contributed by atoms with Crippen LogP contribution in [0.3, 0.4) is 0 Å². The van der Waals surface area contributed by atoms with Gasteiger partial charge in [-0.1, -0.05) is 42.5 Å². The van der Waals surface area contributed by atoms with Gasteiger partial charge < -0.3 is 0 Å². The van der Waals surface area contributed by atoms with E-state index >= 15 is 0 Å². The molecular weight excluding hydrogens is 336 g/mol. The Bertz CT molecular complexity index is 935. The molecule has 0 aliphatic carbocycles. The molecule has 25 heavy (non-hydrogen) atoms. The Kier molecular flexibility index (Phi) is 5.06. The zero-order chi connectivity index (χ0) is 17.7. The van der Waals surface area contributed by atoms with Crippen LogP contribution in [0.4, 0.5) is 0 Å². The molecule has 1 unspecified atom stereocenters. The maximum absolute atomic E-state index is 12.2. The molecule has 0 saturated carbocycles. The minimum Gasteiger partial charge on any atom is -0.223 e. The van der Waals surface area contributed by atoms with Gasteiger partial charge in [0.2, 0.25) is 10.0 Å². The number of aromatic nitrogens is 3. The van der Waals surface area contributed by atoms with Gasteiger partial charge in [-0.25, -0.2) is 22.8 Å². The predicted octanol–water partition coefficient (Wildman–Crippen LogP) is 2.92. The van der Waals surface area contributed by atoms with Crippen molar-refractivity contribution in [2.45, 2.75) is 13.0 Å². The lowest BCUT2D eigenvalue weighted by Gasteiger charge is -2.13. The van der Waals surface area contributed by atoms with Crippen LogP contribution in [0.2, 0.25) is 0 Å². The van der Waals surface area contributed by atoms with Crippen molar-refractivity contribution in [1.29, 1.82) is 0 Å². The highest BCUT2D eigenvalue weighted by atomic mass is 32.2. The predicted molar refractivity (Wildman–Crippen MR) is 97.3 cm³/mol. The van der Waals surface area contributed by atoms with Crippen LogP contribution in [0.15, 0.2) is 72.7 Å². The van der Waals surface area contributed by atoms with E-state index in [1.807, 2.05) is 54.6 Å². The molecule has 3 rings (SSSR count). The minimum atomic E-state index is -3.54. The van der Waals surface area contributed by atoms with Crippen molar-refractivity contribution < 1.29 is 8.42 Å². The Balaban J connectivity index is 1.68. The van der Waals surface area contributed by atoms with Crippen molar-refractivity contribution in [3.63, 3.8) is 0 Å². The number of hydrogen-bond acceptors (Lipinski definition) is 4. The molecule has 0 spiro atoms. The van der Waals surface area contributed by atoms with Gasteiger partial charge in [0.05, 0.1) is 5.69 Å². The fraction of sp³-hybridized carbons (Fsp3) is 0.111. The first-order valence-corrected chi connectivity index (χ1v) is 9.28.